The van der Waals surface area contributed by atoms with Crippen molar-refractivity contribution < 1.29 is 9.53 Å². The molecule has 4 nitrogen and oxygen atoms in total. The average molecular weight is 362 g/mol. The lowest BCUT2D eigenvalue weighted by Gasteiger charge is -2.32. The zero-order valence-corrected chi connectivity index (χ0v) is 15.8. The van der Waals surface area contributed by atoms with Crippen LogP contribution in [-0.4, -0.2) is 35.5 Å². The zero-order valence-electron chi connectivity index (χ0n) is 15.8. The Morgan fingerprint density at radius 3 is 2.93 bits per heavy atom. The topological polar surface area (TPSA) is 45.3 Å². The number of nitrogens with one attached hydrogen (secondary N) is 1. The Hall–Kier alpha value is -2.75. The second kappa shape index (κ2) is 7.87. The number of para-hydroxylation sites is 1. The van der Waals surface area contributed by atoms with Crippen molar-refractivity contribution in [2.45, 2.75) is 26.2 Å². The first kappa shape index (κ1) is 17.7. The molecule has 4 rings (SSSR count). The Morgan fingerprint density at radius 2 is 2.07 bits per heavy atom. The number of benzene rings is 2. The molecule has 2 aromatic carbocycles. The second-order valence-corrected chi connectivity index (χ2v) is 7.51. The van der Waals surface area contributed by atoms with Gasteiger partial charge >= 0.3 is 0 Å². The highest BCUT2D eigenvalue weighted by atomic mass is 16.5. The number of hydrogen-bond acceptors (Lipinski definition) is 2. The Morgan fingerprint density at radius 1 is 1.22 bits per heavy atom. The Kier molecular flexibility index (Phi) is 5.14. The molecule has 4 heteroatoms. The number of H-pyrrole nitrogens is 1. The maximum atomic E-state index is 12.9. The Balaban J connectivity index is 1.36. The first-order valence-corrected chi connectivity index (χ1v) is 9.71. The lowest BCUT2D eigenvalue weighted by molar-refractivity contribution is -0.132. The van der Waals surface area contributed by atoms with Crippen molar-refractivity contribution >= 4 is 16.8 Å². The number of aromatic amines is 1. The standard InChI is InChI=1S/C23H26N2O2/c1-17-9-10-21-19(14-24-22(21)12-17)13-23(26)25-11-5-6-18(15-25)16-27-20-7-3-2-4-8-20/h2-4,7-10,12,14,18,24H,5-6,11,13,15-16H2,1H3. The molecule has 3 aromatic rings. The number of piperidine rings is 1. The molecule has 1 amide bonds. The van der Waals surface area contributed by atoms with Gasteiger partial charge in [-0.25, -0.2) is 0 Å². The van der Waals surface area contributed by atoms with Gasteiger partial charge in [0, 0.05) is 36.1 Å². The maximum absolute atomic E-state index is 12.9. The summed E-state index contributed by atoms with van der Waals surface area (Å²) < 4.78 is 5.91. The molecule has 1 aromatic heterocycles. The fourth-order valence-electron chi connectivity index (χ4n) is 3.88. The Bertz CT molecular complexity index is 917. The third kappa shape index (κ3) is 4.16. The number of rotatable bonds is 5. The molecule has 1 atom stereocenters. The summed E-state index contributed by atoms with van der Waals surface area (Å²) >= 11 is 0. The molecule has 1 unspecified atom stereocenters. The van der Waals surface area contributed by atoms with Gasteiger partial charge in [-0.3, -0.25) is 4.79 Å². The molecule has 1 N–H and O–H groups in total. The largest absolute Gasteiger partial charge is 0.493 e. The molecule has 0 saturated carbocycles. The van der Waals surface area contributed by atoms with E-state index in [1.807, 2.05) is 41.4 Å². The van der Waals surface area contributed by atoms with E-state index >= 15 is 0 Å². The summed E-state index contributed by atoms with van der Waals surface area (Å²) in [5.74, 6) is 1.50. The number of carbonyl (C=O) groups excluding carboxylic acids is 1. The van der Waals surface area contributed by atoms with Gasteiger partial charge in [0.25, 0.3) is 0 Å². The number of aryl methyl sites for hydroxylation is 1. The molecule has 0 spiro atoms. The fraction of sp³-hybridized carbons (Fsp3) is 0.348. The van der Waals surface area contributed by atoms with Gasteiger partial charge in [-0.1, -0.05) is 30.3 Å². The van der Waals surface area contributed by atoms with E-state index < -0.39 is 0 Å². The molecule has 1 aliphatic rings. The highest BCUT2D eigenvalue weighted by Crippen LogP contribution is 2.23. The van der Waals surface area contributed by atoms with Gasteiger partial charge in [0.05, 0.1) is 13.0 Å². The van der Waals surface area contributed by atoms with E-state index in [1.54, 1.807) is 0 Å². The van der Waals surface area contributed by atoms with E-state index in [9.17, 15) is 4.79 Å². The molecule has 1 saturated heterocycles. The normalized spacial score (nSPS) is 17.2. The van der Waals surface area contributed by atoms with Crippen molar-refractivity contribution in [1.29, 1.82) is 0 Å². The minimum Gasteiger partial charge on any atom is -0.493 e. The second-order valence-electron chi connectivity index (χ2n) is 7.51. The maximum Gasteiger partial charge on any atom is 0.227 e. The van der Waals surface area contributed by atoms with Gasteiger partial charge in [-0.05, 0) is 49.1 Å². The summed E-state index contributed by atoms with van der Waals surface area (Å²) in [6.45, 7) is 4.38. The predicted octanol–water partition coefficient (Wildman–Crippen LogP) is 4.34. The number of nitrogens with zero attached hydrogens (tertiary/aromatic N) is 1. The number of fused-ring (bicyclic) bond motifs is 1. The van der Waals surface area contributed by atoms with Crippen LogP contribution in [0.15, 0.2) is 54.7 Å². The summed E-state index contributed by atoms with van der Waals surface area (Å²) in [5, 5.41) is 1.15. The van der Waals surface area contributed by atoms with Gasteiger partial charge in [-0.2, -0.15) is 0 Å². The van der Waals surface area contributed by atoms with Gasteiger partial charge in [-0.15, -0.1) is 0 Å². The first-order chi connectivity index (χ1) is 13.2. The molecule has 27 heavy (non-hydrogen) atoms. The Labute approximate surface area is 160 Å². The fourth-order valence-corrected chi connectivity index (χ4v) is 3.88. The van der Waals surface area contributed by atoms with Crippen LogP contribution in [0.4, 0.5) is 0 Å². The van der Waals surface area contributed by atoms with Crippen LogP contribution in [0, 0.1) is 12.8 Å². The van der Waals surface area contributed by atoms with Crippen LogP contribution in [0.2, 0.25) is 0 Å². The number of ether oxygens (including phenoxy) is 1. The number of hydrogen-bond donors (Lipinski definition) is 1. The van der Waals surface area contributed by atoms with E-state index in [0.717, 1.165) is 48.1 Å². The quantitative estimate of drug-likeness (QED) is 0.734. The molecule has 1 aliphatic heterocycles. The van der Waals surface area contributed by atoms with E-state index in [-0.39, 0.29) is 5.91 Å². The summed E-state index contributed by atoms with van der Waals surface area (Å²) in [7, 11) is 0. The summed E-state index contributed by atoms with van der Waals surface area (Å²) in [5.41, 5.74) is 3.41. The van der Waals surface area contributed by atoms with Gasteiger partial charge in [0.1, 0.15) is 5.75 Å². The van der Waals surface area contributed by atoms with Crippen LogP contribution in [0.3, 0.4) is 0 Å². The number of amides is 1. The van der Waals surface area contributed by atoms with Gasteiger partial charge in [0.2, 0.25) is 5.91 Å². The molecule has 0 radical (unpaired) electrons. The van der Waals surface area contributed by atoms with Crippen molar-refractivity contribution in [1.82, 2.24) is 9.88 Å². The third-order valence-corrected chi connectivity index (χ3v) is 5.37. The molecule has 140 valence electrons. The first-order valence-electron chi connectivity index (χ1n) is 9.71. The van der Waals surface area contributed by atoms with Gasteiger partial charge in [0.15, 0.2) is 0 Å². The van der Waals surface area contributed by atoms with E-state index in [2.05, 4.69) is 30.1 Å². The van der Waals surface area contributed by atoms with Crippen molar-refractivity contribution in [3.05, 3.63) is 65.9 Å². The molecular formula is C23H26N2O2. The lowest BCUT2D eigenvalue weighted by atomic mass is 9.98. The monoisotopic (exact) mass is 362 g/mol. The summed E-state index contributed by atoms with van der Waals surface area (Å²) in [6.07, 6.45) is 4.59. The predicted molar refractivity (Wildman–Crippen MR) is 108 cm³/mol. The zero-order chi connectivity index (χ0) is 18.6. The van der Waals surface area contributed by atoms with E-state index in [4.69, 9.17) is 4.74 Å². The van der Waals surface area contributed by atoms with Crippen LogP contribution < -0.4 is 4.74 Å². The number of likely N-dealkylation sites (tertiary alicyclic amines) is 1. The SMILES string of the molecule is Cc1ccc2c(CC(=O)N3CCCC(COc4ccccc4)C3)c[nH]c2c1. The van der Waals surface area contributed by atoms with Crippen LogP contribution in [0.1, 0.15) is 24.0 Å². The van der Waals surface area contributed by atoms with Gasteiger partial charge < -0.3 is 14.6 Å². The van der Waals surface area contributed by atoms with Crippen LogP contribution in [0.5, 0.6) is 5.75 Å². The summed E-state index contributed by atoms with van der Waals surface area (Å²) in [6, 6.07) is 16.2. The van der Waals surface area contributed by atoms with Crippen LogP contribution in [0.25, 0.3) is 10.9 Å². The number of carbonyl (C=O) groups is 1. The average Bonchev–Trinajstić information content (AvgIpc) is 3.09. The van der Waals surface area contributed by atoms with Crippen molar-refractivity contribution in [3.63, 3.8) is 0 Å². The van der Waals surface area contributed by atoms with Crippen molar-refractivity contribution in [2.75, 3.05) is 19.7 Å². The van der Waals surface area contributed by atoms with E-state index in [1.165, 1.54) is 5.56 Å². The highest BCUT2D eigenvalue weighted by Gasteiger charge is 2.24. The summed E-state index contributed by atoms with van der Waals surface area (Å²) in [4.78, 5) is 18.2. The molecule has 2 heterocycles. The molecule has 1 fully saturated rings. The minimum absolute atomic E-state index is 0.209. The van der Waals surface area contributed by atoms with Crippen LogP contribution >= 0.6 is 0 Å². The van der Waals surface area contributed by atoms with Crippen LogP contribution in [-0.2, 0) is 11.2 Å². The third-order valence-electron chi connectivity index (χ3n) is 5.37. The lowest BCUT2D eigenvalue weighted by Crippen LogP contribution is -2.42. The minimum atomic E-state index is 0.209. The number of aromatic nitrogens is 1. The molecular weight excluding hydrogens is 336 g/mol. The highest BCUT2D eigenvalue weighted by molar-refractivity contribution is 5.89. The molecule has 0 aliphatic carbocycles. The van der Waals surface area contributed by atoms with Crippen molar-refractivity contribution in [3.8, 4) is 5.75 Å². The van der Waals surface area contributed by atoms with E-state index in [0.29, 0.717) is 18.9 Å². The smallest absolute Gasteiger partial charge is 0.227 e. The molecule has 0 bridgehead atoms. The van der Waals surface area contributed by atoms with Crippen molar-refractivity contribution in [2.24, 2.45) is 5.92 Å².